The number of carbonyl (C=O) groups is 3. The van der Waals surface area contributed by atoms with Crippen molar-refractivity contribution in [2.24, 2.45) is 5.73 Å². The maximum absolute atomic E-state index is 13.6. The summed E-state index contributed by atoms with van der Waals surface area (Å²) in [6, 6.07) is 33.1. The molecule has 0 unspecified atom stereocenters. The minimum absolute atomic E-state index is 0. The van der Waals surface area contributed by atoms with Gasteiger partial charge in [0.25, 0.3) is 17.1 Å². The minimum Gasteiger partial charge on any atom is -0.355 e. The maximum atomic E-state index is 13.6. The number of anilines is 1. The maximum Gasteiger partial charge on any atom is 0.252 e. The van der Waals surface area contributed by atoms with Crippen molar-refractivity contribution in [1.82, 2.24) is 75.8 Å². The quantitative estimate of drug-likeness (QED) is 0.0459. The predicted molar refractivity (Wildman–Crippen MR) is 400 cm³/mol. The number of hydrogen-bond donors (Lipinski definition) is 4. The number of nitrogens with one attached hydrogen (secondary N) is 3. The molecule has 6 aromatic carbocycles. The van der Waals surface area contributed by atoms with Crippen LogP contribution in [0.1, 0.15) is 106 Å². The lowest BCUT2D eigenvalue weighted by molar-refractivity contribution is 0.0945. The number of nitrogens with zero attached hydrogens (tertiary/aromatic N) is 13. The van der Waals surface area contributed by atoms with Crippen molar-refractivity contribution in [2.75, 3.05) is 50.7 Å². The van der Waals surface area contributed by atoms with E-state index in [1.165, 1.54) is 75.2 Å². The van der Waals surface area contributed by atoms with E-state index in [4.69, 9.17) is 50.5 Å². The standard InChI is InChI=1S/C27H27FN6O.C22H17ClFN5O.C15H7Cl2FN2O.C7H11N3.C5H11N.ClH/c28-21-9-6-19(7-10-21)25-26(34-15-2-1-3-16-34)33-23-11-8-20(17-24(23)32-25)27(35)31-12-4-5-22-18-29-13-14-30-22;23-21-20(14-3-6-16(24)7-4-14)28-19-12-15(5-8-18(19)29-21)22(30)27-9-1-2-17-13-25-10-11-26-17;16-14-13(8-1-4-10(18)5-2-8)19-12-7-9(15(17)21)3-6-11(12)20-14;8-3-1-2-7-6-9-4-5-10-7;1-2-4-6-5-3-1;/h6-11,13-14,17-18H,1-5,12,15-16H2,(H,31,35);3-8,10-13H,1-2,9H2,(H,27,30);1-7H;4-6H,1-3,8H2;6H,1-5H2;1H. The summed E-state index contributed by atoms with van der Waals surface area (Å²) in [6.45, 7) is 6.11. The van der Waals surface area contributed by atoms with E-state index in [9.17, 15) is 27.6 Å². The van der Waals surface area contributed by atoms with Crippen LogP contribution >= 0.6 is 47.2 Å². The number of piperidine rings is 2. The molecule has 0 atom stereocenters. The summed E-state index contributed by atoms with van der Waals surface area (Å²) in [5.41, 5.74) is 16.6. The number of benzene rings is 6. The number of halogens is 7. The summed E-state index contributed by atoms with van der Waals surface area (Å²) >= 11 is 17.8. The molecule has 103 heavy (non-hydrogen) atoms. The van der Waals surface area contributed by atoms with E-state index in [2.05, 4.69) is 70.7 Å². The van der Waals surface area contributed by atoms with Crippen molar-refractivity contribution < 1.29 is 27.6 Å². The predicted octanol–water partition coefficient (Wildman–Crippen LogP) is 14.8. The second-order valence-electron chi connectivity index (χ2n) is 23.6. The summed E-state index contributed by atoms with van der Waals surface area (Å²) in [6.07, 6.45) is 27.8. The third-order valence-corrected chi connectivity index (χ3v) is 16.9. The van der Waals surface area contributed by atoms with Gasteiger partial charge in [0.15, 0.2) is 16.1 Å². The highest BCUT2D eigenvalue weighted by molar-refractivity contribution is 6.67. The highest BCUT2D eigenvalue weighted by Crippen LogP contribution is 2.33. The molecule has 14 rings (SSSR count). The van der Waals surface area contributed by atoms with Crippen molar-refractivity contribution in [2.45, 2.75) is 77.0 Å². The van der Waals surface area contributed by atoms with Gasteiger partial charge < -0.3 is 26.6 Å². The molecule has 0 spiro atoms. The van der Waals surface area contributed by atoms with Crippen LogP contribution in [0.5, 0.6) is 0 Å². The van der Waals surface area contributed by atoms with Crippen LogP contribution in [0.25, 0.3) is 66.9 Å². The van der Waals surface area contributed by atoms with Crippen molar-refractivity contribution in [1.29, 1.82) is 0 Å². The average molecular weight is 1470 g/mol. The molecule has 2 saturated heterocycles. The van der Waals surface area contributed by atoms with Crippen LogP contribution in [0.2, 0.25) is 10.3 Å². The van der Waals surface area contributed by atoms with Gasteiger partial charge in [0.1, 0.15) is 34.5 Å². The molecule has 20 nitrogen and oxygen atoms in total. The first-order valence-electron chi connectivity index (χ1n) is 33.5. The normalized spacial score (nSPS) is 12.4. The fourth-order valence-electron chi connectivity index (χ4n) is 10.8. The molecule has 0 bridgehead atoms. The summed E-state index contributed by atoms with van der Waals surface area (Å²) in [5, 5.41) is 9.00. The molecule has 530 valence electrons. The van der Waals surface area contributed by atoms with Crippen molar-refractivity contribution >= 4 is 103 Å². The third kappa shape index (κ3) is 23.2. The Balaban J connectivity index is 0.000000164. The highest BCUT2D eigenvalue weighted by Gasteiger charge is 2.21. The molecule has 0 saturated carbocycles. The number of fused-ring (bicyclic) bond motifs is 3. The molecular weight excluding hydrogens is 1400 g/mol. The Hall–Kier alpha value is -10.1. The van der Waals surface area contributed by atoms with Gasteiger partial charge in [-0.2, -0.15) is 0 Å². The fourth-order valence-corrected chi connectivity index (χ4v) is 11.4. The molecule has 0 aliphatic carbocycles. The van der Waals surface area contributed by atoms with Gasteiger partial charge in [-0.25, -0.2) is 43.1 Å². The lowest BCUT2D eigenvalue weighted by atomic mass is 10.1. The Labute approximate surface area is 614 Å². The number of aryl methyl sites for hydroxylation is 3. The molecule has 12 aromatic rings. The van der Waals surface area contributed by atoms with Crippen molar-refractivity contribution in [3.8, 4) is 33.8 Å². The molecule has 0 radical (unpaired) electrons. The largest absolute Gasteiger partial charge is 0.355 e. The van der Waals surface area contributed by atoms with Gasteiger partial charge in [-0.15, -0.1) is 12.4 Å². The monoisotopic (exact) mass is 1470 g/mol. The minimum atomic E-state index is -0.572. The van der Waals surface area contributed by atoms with E-state index in [0.29, 0.717) is 85.6 Å². The van der Waals surface area contributed by atoms with Gasteiger partial charge in [0.05, 0.1) is 50.2 Å². The van der Waals surface area contributed by atoms with Crippen molar-refractivity contribution in [3.05, 3.63) is 245 Å². The smallest absolute Gasteiger partial charge is 0.252 e. The molecule has 2 amide bonds. The molecule has 2 aliphatic heterocycles. The van der Waals surface area contributed by atoms with Crippen LogP contribution in [0.4, 0.5) is 19.0 Å². The fraction of sp³-hybridized carbons (Fsp3) is 0.250. The van der Waals surface area contributed by atoms with E-state index < -0.39 is 5.24 Å². The molecule has 27 heteroatoms. The first kappa shape index (κ1) is 77.0. The lowest BCUT2D eigenvalue weighted by Crippen LogP contribution is -2.31. The van der Waals surface area contributed by atoms with Crippen LogP contribution < -0.4 is 26.6 Å². The van der Waals surface area contributed by atoms with Crippen LogP contribution in [0.15, 0.2) is 183 Å². The Kier molecular flexibility index (Phi) is 29.8. The van der Waals surface area contributed by atoms with E-state index in [1.807, 2.05) is 6.07 Å². The first-order chi connectivity index (χ1) is 49.7. The zero-order chi connectivity index (χ0) is 71.4. The average Bonchev–Trinajstić information content (AvgIpc) is 0.764. The van der Waals surface area contributed by atoms with Gasteiger partial charge in [0.2, 0.25) is 0 Å². The first-order valence-corrected chi connectivity index (χ1v) is 34.6. The van der Waals surface area contributed by atoms with Crippen LogP contribution in [-0.4, -0.2) is 123 Å². The van der Waals surface area contributed by atoms with Crippen LogP contribution in [-0.2, 0) is 19.3 Å². The van der Waals surface area contributed by atoms with Crippen molar-refractivity contribution in [3.63, 3.8) is 0 Å². The number of hydrogen-bond acceptors (Lipinski definition) is 18. The van der Waals surface area contributed by atoms with E-state index in [-0.39, 0.29) is 52.0 Å². The number of amides is 2. The summed E-state index contributed by atoms with van der Waals surface area (Å²) < 4.78 is 39.8. The van der Waals surface area contributed by atoms with Gasteiger partial charge in [-0.05, 0) is 229 Å². The Bertz CT molecular complexity index is 4700. The Morgan fingerprint density at radius 3 is 1.20 bits per heavy atom. The molecule has 2 aliphatic rings. The number of carbonyl (C=O) groups excluding carboxylic acids is 3. The molecule has 5 N–H and O–H groups in total. The molecule has 6 aromatic heterocycles. The Morgan fingerprint density at radius 2 is 0.825 bits per heavy atom. The topological polar surface area (TPSA) is 271 Å². The van der Waals surface area contributed by atoms with Gasteiger partial charge in [-0.3, -0.25) is 44.3 Å². The second-order valence-corrected chi connectivity index (χ2v) is 24.6. The molecular formula is C76H74Cl4F3N17O3. The van der Waals surface area contributed by atoms with E-state index >= 15 is 0 Å². The highest BCUT2D eigenvalue weighted by atomic mass is 35.5. The summed E-state index contributed by atoms with van der Waals surface area (Å²) in [7, 11) is 0. The van der Waals surface area contributed by atoms with E-state index in [0.717, 1.165) is 105 Å². The Morgan fingerprint density at radius 1 is 0.447 bits per heavy atom. The van der Waals surface area contributed by atoms with Gasteiger partial charge in [0, 0.05) is 115 Å². The SMILES string of the molecule is C1CCNCC1.Cl.NCCCc1cnccn1.O=C(Cl)c1ccc2nc(Cl)c(-c3ccc(F)cc3)nc2c1.O=C(NCCCc1cnccn1)c1ccc2nc(Cl)c(-c3ccc(F)cc3)nc2c1.O=C(NCCCc1cnccn1)c1ccc2nc(N3CCCCC3)c(-c3ccc(F)cc3)nc2c1. The van der Waals surface area contributed by atoms with Gasteiger partial charge >= 0.3 is 0 Å². The zero-order valence-corrected chi connectivity index (χ0v) is 59.1. The molecule has 2 fully saturated rings. The summed E-state index contributed by atoms with van der Waals surface area (Å²) in [4.78, 5) is 90.7. The summed E-state index contributed by atoms with van der Waals surface area (Å²) in [5.74, 6) is -0.529. The molecule has 8 heterocycles. The second kappa shape index (κ2) is 39.9. The zero-order valence-electron chi connectivity index (χ0n) is 56.0. The van der Waals surface area contributed by atoms with Crippen LogP contribution in [0.3, 0.4) is 0 Å². The van der Waals surface area contributed by atoms with Gasteiger partial charge in [-0.1, -0.05) is 29.6 Å². The third-order valence-electron chi connectivity index (χ3n) is 16.1. The lowest BCUT2D eigenvalue weighted by Gasteiger charge is -2.29. The van der Waals surface area contributed by atoms with E-state index in [1.54, 1.807) is 141 Å². The van der Waals surface area contributed by atoms with Crippen LogP contribution in [0, 0.1) is 17.5 Å². The number of nitrogens with two attached hydrogens (primary N) is 1. The number of aromatic nitrogens is 12. The number of rotatable bonds is 18.